The zero-order valence-corrected chi connectivity index (χ0v) is 9.56. The Kier molecular flexibility index (Phi) is 2.40. The molecule has 84 valence electrons. The van der Waals surface area contributed by atoms with Crippen LogP contribution in [0.1, 0.15) is 25.8 Å². The Labute approximate surface area is 95.5 Å². The van der Waals surface area contributed by atoms with E-state index in [2.05, 4.69) is 40.0 Å². The quantitative estimate of drug-likeness (QED) is 0.791. The van der Waals surface area contributed by atoms with E-state index in [1.807, 2.05) is 12.4 Å². The van der Waals surface area contributed by atoms with Gasteiger partial charge in [-0.15, -0.1) is 0 Å². The van der Waals surface area contributed by atoms with Crippen molar-refractivity contribution in [1.82, 2.24) is 14.9 Å². The fourth-order valence-electron chi connectivity index (χ4n) is 2.63. The summed E-state index contributed by atoms with van der Waals surface area (Å²) < 4.78 is 2.34. The Bertz CT molecular complexity index is 489. The highest BCUT2D eigenvalue weighted by atomic mass is 15.1. The molecule has 3 heteroatoms. The van der Waals surface area contributed by atoms with Crippen LogP contribution >= 0.6 is 0 Å². The van der Waals surface area contributed by atoms with Gasteiger partial charge < -0.3 is 9.88 Å². The summed E-state index contributed by atoms with van der Waals surface area (Å²) in [4.78, 5) is 4.46. The van der Waals surface area contributed by atoms with Crippen molar-refractivity contribution in [2.75, 3.05) is 6.54 Å². The molecule has 2 aromatic rings. The summed E-state index contributed by atoms with van der Waals surface area (Å²) in [5.41, 5.74) is 2.37. The molecule has 2 unspecified atom stereocenters. The van der Waals surface area contributed by atoms with Gasteiger partial charge in [-0.25, -0.2) is 4.98 Å². The van der Waals surface area contributed by atoms with Gasteiger partial charge in [0.1, 0.15) is 0 Å². The molecule has 0 saturated carbocycles. The van der Waals surface area contributed by atoms with Crippen LogP contribution in [0.2, 0.25) is 0 Å². The molecule has 0 amide bonds. The van der Waals surface area contributed by atoms with E-state index in [-0.39, 0.29) is 0 Å². The van der Waals surface area contributed by atoms with Gasteiger partial charge in [0.15, 0.2) is 0 Å². The normalized spacial score (nSPS) is 26.1. The van der Waals surface area contributed by atoms with Gasteiger partial charge in [-0.2, -0.15) is 0 Å². The minimum absolute atomic E-state index is 0.601. The number of fused-ring (bicyclic) bond motifs is 1. The Hall–Kier alpha value is -1.35. The molecule has 3 rings (SSSR count). The predicted octanol–water partition coefficient (Wildman–Crippen LogP) is 2.35. The second kappa shape index (κ2) is 3.91. The van der Waals surface area contributed by atoms with Crippen molar-refractivity contribution in [1.29, 1.82) is 0 Å². The van der Waals surface area contributed by atoms with E-state index in [1.54, 1.807) is 0 Å². The second-order valence-electron chi connectivity index (χ2n) is 4.67. The standard InChI is InChI=1S/C13H17N3/c1-10-8-11(6-7-14-10)16-9-15-12-4-2-3-5-13(12)16/h2-5,9-11,14H,6-8H2,1H3. The lowest BCUT2D eigenvalue weighted by Crippen LogP contribution is -2.36. The first-order chi connectivity index (χ1) is 7.84. The van der Waals surface area contributed by atoms with Gasteiger partial charge in [0.05, 0.1) is 17.4 Å². The van der Waals surface area contributed by atoms with Crippen LogP contribution in [0.4, 0.5) is 0 Å². The number of nitrogens with one attached hydrogen (secondary N) is 1. The predicted molar refractivity (Wildman–Crippen MR) is 65.5 cm³/mol. The number of aromatic nitrogens is 2. The average molecular weight is 215 g/mol. The molecule has 3 nitrogen and oxygen atoms in total. The lowest BCUT2D eigenvalue weighted by Gasteiger charge is -2.29. The number of benzene rings is 1. The van der Waals surface area contributed by atoms with Gasteiger partial charge in [-0.1, -0.05) is 12.1 Å². The lowest BCUT2D eigenvalue weighted by molar-refractivity contribution is 0.318. The van der Waals surface area contributed by atoms with Gasteiger partial charge in [-0.3, -0.25) is 0 Å². The van der Waals surface area contributed by atoms with E-state index in [4.69, 9.17) is 0 Å². The molecule has 2 atom stereocenters. The Morgan fingerprint density at radius 2 is 2.25 bits per heavy atom. The summed E-state index contributed by atoms with van der Waals surface area (Å²) in [5, 5.41) is 3.49. The summed E-state index contributed by atoms with van der Waals surface area (Å²) >= 11 is 0. The fraction of sp³-hybridized carbons (Fsp3) is 0.462. The number of hydrogen-bond acceptors (Lipinski definition) is 2. The minimum Gasteiger partial charge on any atom is -0.327 e. The maximum absolute atomic E-state index is 4.46. The SMILES string of the molecule is CC1CC(n2cnc3ccccc32)CCN1. The van der Waals surface area contributed by atoms with Crippen molar-refractivity contribution in [3.05, 3.63) is 30.6 Å². The first-order valence-electron chi connectivity index (χ1n) is 5.99. The van der Waals surface area contributed by atoms with Crippen LogP contribution in [0, 0.1) is 0 Å². The molecule has 1 aliphatic rings. The zero-order chi connectivity index (χ0) is 11.0. The van der Waals surface area contributed by atoms with Gasteiger partial charge in [0, 0.05) is 12.1 Å². The van der Waals surface area contributed by atoms with Crippen molar-refractivity contribution in [3.63, 3.8) is 0 Å². The number of imidazole rings is 1. The molecular weight excluding hydrogens is 198 g/mol. The van der Waals surface area contributed by atoms with Crippen molar-refractivity contribution < 1.29 is 0 Å². The molecule has 1 aromatic heterocycles. The molecule has 1 aliphatic heterocycles. The molecule has 0 radical (unpaired) electrons. The molecule has 0 bridgehead atoms. The fourth-order valence-corrected chi connectivity index (χ4v) is 2.63. The Morgan fingerprint density at radius 3 is 3.12 bits per heavy atom. The Morgan fingerprint density at radius 1 is 1.38 bits per heavy atom. The zero-order valence-electron chi connectivity index (χ0n) is 9.56. The van der Waals surface area contributed by atoms with E-state index >= 15 is 0 Å². The highest BCUT2D eigenvalue weighted by molar-refractivity contribution is 5.75. The van der Waals surface area contributed by atoms with Crippen LogP contribution in [0.15, 0.2) is 30.6 Å². The third-order valence-corrected chi connectivity index (χ3v) is 3.47. The lowest BCUT2D eigenvalue weighted by atomic mass is 10.0. The molecular formula is C13H17N3. The number of rotatable bonds is 1. The number of nitrogens with zero attached hydrogens (tertiary/aromatic N) is 2. The first-order valence-corrected chi connectivity index (χ1v) is 5.99. The topological polar surface area (TPSA) is 29.9 Å². The van der Waals surface area contributed by atoms with Crippen LogP contribution in [-0.4, -0.2) is 22.1 Å². The average Bonchev–Trinajstić information content (AvgIpc) is 2.72. The van der Waals surface area contributed by atoms with E-state index < -0.39 is 0 Å². The maximum atomic E-state index is 4.46. The third kappa shape index (κ3) is 1.61. The molecule has 1 fully saturated rings. The first kappa shape index (κ1) is 9.85. The van der Waals surface area contributed by atoms with Gasteiger partial charge in [-0.05, 0) is 38.4 Å². The highest BCUT2D eigenvalue weighted by Crippen LogP contribution is 2.25. The highest BCUT2D eigenvalue weighted by Gasteiger charge is 2.20. The van der Waals surface area contributed by atoms with Crippen LogP contribution in [0.25, 0.3) is 11.0 Å². The van der Waals surface area contributed by atoms with Gasteiger partial charge in [0.2, 0.25) is 0 Å². The maximum Gasteiger partial charge on any atom is 0.0960 e. The van der Waals surface area contributed by atoms with Crippen molar-refractivity contribution >= 4 is 11.0 Å². The molecule has 1 aromatic carbocycles. The summed E-state index contributed by atoms with van der Waals surface area (Å²) in [6.07, 6.45) is 4.39. The van der Waals surface area contributed by atoms with Gasteiger partial charge in [0.25, 0.3) is 0 Å². The number of hydrogen-bond donors (Lipinski definition) is 1. The smallest absolute Gasteiger partial charge is 0.0960 e. The van der Waals surface area contributed by atoms with Crippen LogP contribution < -0.4 is 5.32 Å². The van der Waals surface area contributed by atoms with Gasteiger partial charge >= 0.3 is 0 Å². The van der Waals surface area contributed by atoms with E-state index in [9.17, 15) is 0 Å². The molecule has 0 aliphatic carbocycles. The monoisotopic (exact) mass is 215 g/mol. The molecule has 0 spiro atoms. The van der Waals surface area contributed by atoms with Crippen LogP contribution in [-0.2, 0) is 0 Å². The molecule has 1 saturated heterocycles. The van der Waals surface area contributed by atoms with Crippen molar-refractivity contribution in [2.24, 2.45) is 0 Å². The molecule has 16 heavy (non-hydrogen) atoms. The molecule has 2 heterocycles. The summed E-state index contributed by atoms with van der Waals surface area (Å²) in [5.74, 6) is 0. The summed E-state index contributed by atoms with van der Waals surface area (Å²) in [6, 6.07) is 9.59. The second-order valence-corrected chi connectivity index (χ2v) is 4.67. The van der Waals surface area contributed by atoms with Crippen LogP contribution in [0.5, 0.6) is 0 Å². The number of piperidine rings is 1. The molecule has 1 N–H and O–H groups in total. The van der Waals surface area contributed by atoms with E-state index in [1.165, 1.54) is 18.4 Å². The number of para-hydroxylation sites is 2. The summed E-state index contributed by atoms with van der Waals surface area (Å²) in [6.45, 7) is 3.36. The summed E-state index contributed by atoms with van der Waals surface area (Å²) in [7, 11) is 0. The van der Waals surface area contributed by atoms with Crippen molar-refractivity contribution in [3.8, 4) is 0 Å². The third-order valence-electron chi connectivity index (χ3n) is 3.47. The van der Waals surface area contributed by atoms with E-state index in [0.717, 1.165) is 12.1 Å². The van der Waals surface area contributed by atoms with Crippen molar-refractivity contribution in [2.45, 2.75) is 31.8 Å². The Balaban J connectivity index is 1.99. The minimum atomic E-state index is 0.601. The van der Waals surface area contributed by atoms with Crippen LogP contribution in [0.3, 0.4) is 0 Å². The van der Waals surface area contributed by atoms with E-state index in [0.29, 0.717) is 12.1 Å². The largest absolute Gasteiger partial charge is 0.327 e.